The summed E-state index contributed by atoms with van der Waals surface area (Å²) in [5.41, 5.74) is 0. The number of aliphatic hydroxyl groups excluding tert-OH is 1. The number of anilines is 1. The van der Waals surface area contributed by atoms with E-state index < -0.39 is 0 Å². The average Bonchev–Trinajstić information content (AvgIpc) is 2.70. The van der Waals surface area contributed by atoms with E-state index in [1.54, 1.807) is 7.11 Å². The first-order chi connectivity index (χ1) is 8.17. The smallest absolute Gasteiger partial charge is 0.322 e. The molecule has 0 bridgehead atoms. The second-order valence-corrected chi connectivity index (χ2v) is 4.83. The molecule has 17 heavy (non-hydrogen) atoms. The Morgan fingerprint density at radius 3 is 2.82 bits per heavy atom. The van der Waals surface area contributed by atoms with Crippen LogP contribution in [0.4, 0.5) is 9.80 Å². The summed E-state index contributed by atoms with van der Waals surface area (Å²) in [6.07, 6.45) is 0. The normalized spacial score (nSPS) is 10.3. The van der Waals surface area contributed by atoms with E-state index in [-0.39, 0.29) is 12.6 Å². The van der Waals surface area contributed by atoms with Crippen LogP contribution in [0.5, 0.6) is 0 Å². The Kier molecular flexibility index (Phi) is 5.96. The largest absolute Gasteiger partial charge is 0.395 e. The number of aliphatic hydroxyl groups is 1. The highest BCUT2D eigenvalue weighted by Crippen LogP contribution is 2.20. The number of thiophene rings is 1. The van der Waals surface area contributed by atoms with E-state index in [4.69, 9.17) is 9.84 Å². The van der Waals surface area contributed by atoms with E-state index in [1.807, 2.05) is 19.1 Å². The number of urea groups is 1. The van der Waals surface area contributed by atoms with Crippen LogP contribution < -0.4 is 5.32 Å². The summed E-state index contributed by atoms with van der Waals surface area (Å²) >= 11 is 1.52. The Balaban J connectivity index is 2.52. The Hall–Kier alpha value is -1.11. The molecule has 2 N–H and O–H groups in total. The molecule has 0 saturated heterocycles. The minimum absolute atomic E-state index is 0.0550. The number of carbonyl (C=O) groups is 1. The van der Waals surface area contributed by atoms with Crippen molar-refractivity contribution >= 4 is 22.4 Å². The van der Waals surface area contributed by atoms with Gasteiger partial charge in [-0.25, -0.2) is 4.79 Å². The summed E-state index contributed by atoms with van der Waals surface area (Å²) in [5.74, 6) is 0. The number of nitrogens with one attached hydrogen (secondary N) is 1. The number of hydrogen-bond donors (Lipinski definition) is 2. The van der Waals surface area contributed by atoms with Crippen LogP contribution in [0.3, 0.4) is 0 Å². The van der Waals surface area contributed by atoms with E-state index in [2.05, 4.69) is 5.32 Å². The first kappa shape index (κ1) is 14.0. The summed E-state index contributed by atoms with van der Waals surface area (Å²) in [7, 11) is 1.58. The van der Waals surface area contributed by atoms with Gasteiger partial charge in [-0.05, 0) is 19.1 Å². The summed E-state index contributed by atoms with van der Waals surface area (Å²) in [6, 6.07) is 3.61. The number of rotatable bonds is 6. The predicted molar refractivity (Wildman–Crippen MR) is 68.6 cm³/mol. The second kappa shape index (κ2) is 7.26. The van der Waals surface area contributed by atoms with Crippen molar-refractivity contribution in [1.29, 1.82) is 0 Å². The van der Waals surface area contributed by atoms with Crippen LogP contribution in [0.15, 0.2) is 12.1 Å². The molecule has 0 unspecified atom stereocenters. The fraction of sp³-hybridized carbons (Fsp3) is 0.545. The monoisotopic (exact) mass is 258 g/mol. The second-order valence-electron chi connectivity index (χ2n) is 3.54. The SMILES string of the molecule is COCCN(CCO)C(=O)Nc1ccc(C)s1. The molecule has 1 heterocycles. The molecular weight excluding hydrogens is 240 g/mol. The van der Waals surface area contributed by atoms with E-state index in [0.29, 0.717) is 19.7 Å². The number of carbonyl (C=O) groups excluding carboxylic acids is 1. The van der Waals surface area contributed by atoms with Gasteiger partial charge in [0.25, 0.3) is 0 Å². The first-order valence-corrected chi connectivity index (χ1v) is 6.21. The molecule has 0 radical (unpaired) electrons. The van der Waals surface area contributed by atoms with E-state index in [9.17, 15) is 4.79 Å². The molecular formula is C11H18N2O3S. The zero-order chi connectivity index (χ0) is 12.7. The molecule has 0 atom stereocenters. The Morgan fingerprint density at radius 2 is 2.29 bits per heavy atom. The summed E-state index contributed by atoms with van der Waals surface area (Å²) in [4.78, 5) is 14.5. The van der Waals surface area contributed by atoms with Gasteiger partial charge in [-0.15, -0.1) is 11.3 Å². The third-order valence-corrected chi connectivity index (χ3v) is 3.11. The number of aryl methyl sites for hydroxylation is 1. The number of methoxy groups -OCH3 is 1. The van der Waals surface area contributed by atoms with Gasteiger partial charge < -0.3 is 14.7 Å². The van der Waals surface area contributed by atoms with E-state index >= 15 is 0 Å². The van der Waals surface area contributed by atoms with Crippen molar-refractivity contribution in [1.82, 2.24) is 4.90 Å². The highest BCUT2D eigenvalue weighted by Gasteiger charge is 2.13. The zero-order valence-corrected chi connectivity index (χ0v) is 10.9. The van der Waals surface area contributed by atoms with Crippen LogP contribution in [0, 0.1) is 6.92 Å². The summed E-state index contributed by atoms with van der Waals surface area (Å²) in [6.45, 7) is 3.15. The Morgan fingerprint density at radius 1 is 1.53 bits per heavy atom. The average molecular weight is 258 g/mol. The lowest BCUT2D eigenvalue weighted by molar-refractivity contribution is 0.142. The van der Waals surface area contributed by atoms with Crippen molar-refractivity contribution in [2.75, 3.05) is 38.7 Å². The van der Waals surface area contributed by atoms with Gasteiger partial charge in [0.05, 0.1) is 18.2 Å². The molecule has 2 amide bonds. The lowest BCUT2D eigenvalue weighted by Crippen LogP contribution is -2.39. The topological polar surface area (TPSA) is 61.8 Å². The number of nitrogens with zero attached hydrogens (tertiary/aromatic N) is 1. The van der Waals surface area contributed by atoms with Crippen molar-refractivity contribution in [2.45, 2.75) is 6.92 Å². The third-order valence-electron chi connectivity index (χ3n) is 2.19. The fourth-order valence-electron chi connectivity index (χ4n) is 1.32. The van der Waals surface area contributed by atoms with E-state index in [1.165, 1.54) is 16.2 Å². The maximum absolute atomic E-state index is 11.9. The number of hydrogen-bond acceptors (Lipinski definition) is 4. The molecule has 0 aromatic carbocycles. The molecule has 0 saturated carbocycles. The van der Waals surface area contributed by atoms with Crippen molar-refractivity contribution < 1.29 is 14.6 Å². The molecule has 0 spiro atoms. The third kappa shape index (κ3) is 4.72. The molecule has 5 nitrogen and oxygen atoms in total. The molecule has 0 fully saturated rings. The Bertz CT molecular complexity index is 354. The fourth-order valence-corrected chi connectivity index (χ4v) is 2.08. The van der Waals surface area contributed by atoms with Crippen molar-refractivity contribution in [3.8, 4) is 0 Å². The number of amides is 2. The first-order valence-electron chi connectivity index (χ1n) is 5.39. The maximum Gasteiger partial charge on any atom is 0.322 e. The van der Waals surface area contributed by atoms with Gasteiger partial charge >= 0.3 is 6.03 Å². The molecule has 96 valence electrons. The molecule has 6 heteroatoms. The van der Waals surface area contributed by atoms with Crippen LogP contribution in [0.2, 0.25) is 0 Å². The molecule has 1 rings (SSSR count). The van der Waals surface area contributed by atoms with Gasteiger partial charge in [0, 0.05) is 25.1 Å². The maximum atomic E-state index is 11.9. The van der Waals surface area contributed by atoms with Gasteiger partial charge in [-0.1, -0.05) is 0 Å². The Labute approximate surface area is 105 Å². The van der Waals surface area contributed by atoms with Crippen LogP contribution in [-0.4, -0.2) is 49.5 Å². The molecule has 0 aliphatic rings. The highest BCUT2D eigenvalue weighted by molar-refractivity contribution is 7.16. The lowest BCUT2D eigenvalue weighted by atomic mass is 10.5. The van der Waals surface area contributed by atoms with Gasteiger partial charge in [0.15, 0.2) is 0 Å². The van der Waals surface area contributed by atoms with Crippen LogP contribution in [-0.2, 0) is 4.74 Å². The van der Waals surface area contributed by atoms with Gasteiger partial charge in [-0.3, -0.25) is 5.32 Å². The van der Waals surface area contributed by atoms with E-state index in [0.717, 1.165) is 9.88 Å². The molecule has 1 aromatic rings. The van der Waals surface area contributed by atoms with Crippen LogP contribution in [0.25, 0.3) is 0 Å². The molecule has 0 aliphatic carbocycles. The van der Waals surface area contributed by atoms with Crippen molar-refractivity contribution in [3.63, 3.8) is 0 Å². The van der Waals surface area contributed by atoms with Gasteiger partial charge in [0.1, 0.15) is 0 Å². The van der Waals surface area contributed by atoms with Gasteiger partial charge in [-0.2, -0.15) is 0 Å². The number of ether oxygens (including phenoxy) is 1. The predicted octanol–water partition coefficient (Wildman–Crippen LogP) is 1.53. The summed E-state index contributed by atoms with van der Waals surface area (Å²) < 4.78 is 4.92. The highest BCUT2D eigenvalue weighted by atomic mass is 32.1. The minimum atomic E-state index is -0.210. The van der Waals surface area contributed by atoms with Crippen LogP contribution in [0.1, 0.15) is 4.88 Å². The summed E-state index contributed by atoms with van der Waals surface area (Å²) in [5, 5.41) is 12.5. The van der Waals surface area contributed by atoms with Crippen molar-refractivity contribution in [3.05, 3.63) is 17.0 Å². The van der Waals surface area contributed by atoms with Crippen molar-refractivity contribution in [2.24, 2.45) is 0 Å². The molecule has 0 aliphatic heterocycles. The standard InChI is InChI=1S/C11H18N2O3S/c1-9-3-4-10(17-9)12-11(15)13(5-7-14)6-8-16-2/h3-4,14H,5-8H2,1-2H3,(H,12,15). The quantitative estimate of drug-likeness (QED) is 0.813. The van der Waals surface area contributed by atoms with Crippen LogP contribution >= 0.6 is 11.3 Å². The minimum Gasteiger partial charge on any atom is -0.395 e. The molecule has 1 aromatic heterocycles. The zero-order valence-electron chi connectivity index (χ0n) is 10.1. The lowest BCUT2D eigenvalue weighted by Gasteiger charge is -2.21. The van der Waals surface area contributed by atoms with Gasteiger partial charge in [0.2, 0.25) is 0 Å².